The topological polar surface area (TPSA) is 240 Å². The van der Waals surface area contributed by atoms with Crippen molar-refractivity contribution in [1.82, 2.24) is 9.13 Å². The van der Waals surface area contributed by atoms with E-state index in [1.807, 2.05) is 60.7 Å². The Bertz CT molecular complexity index is 1410. The van der Waals surface area contributed by atoms with Crippen LogP contribution in [-0.4, -0.2) is 62.2 Å². The van der Waals surface area contributed by atoms with Crippen molar-refractivity contribution >= 4 is 49.5 Å². The Kier molecular flexibility index (Phi) is 13.9. The van der Waals surface area contributed by atoms with Gasteiger partial charge >= 0.3 is 0 Å². The van der Waals surface area contributed by atoms with Crippen molar-refractivity contribution in [2.45, 2.75) is 25.9 Å². The Morgan fingerprint density at radius 2 is 1.27 bits per heavy atom. The summed E-state index contributed by atoms with van der Waals surface area (Å²) in [6.45, 7) is 3.04. The maximum atomic E-state index is 11.4. The molecule has 2 aromatic heterocycles. The van der Waals surface area contributed by atoms with Gasteiger partial charge < -0.3 is 19.7 Å². The van der Waals surface area contributed by atoms with E-state index >= 15 is 0 Å². The number of rotatable bonds is 11. The Morgan fingerprint density at radius 1 is 0.875 bits per heavy atom. The molecule has 0 unspecified atom stereocenters. The van der Waals surface area contributed by atoms with Crippen molar-refractivity contribution in [2.75, 3.05) is 23.7 Å². The standard InChI is InChI=1S/C20H28ClN7O2.2H2O4S/c1-24-9-11-26(15-24)7-3-5-22-18-14-19(20(28(29)30)13-17(18)21)23-6-4-8-27-12-10-25(2)16-27;2*1-5(2,3)4/h9-16,22-23H,3-8H2,1-2H3;2*(H2,1,2,3,4)/q+2;;/p-2. The van der Waals surface area contributed by atoms with Gasteiger partial charge in [0.15, 0.2) is 0 Å². The Morgan fingerprint density at radius 3 is 1.62 bits per heavy atom. The second-order valence-electron chi connectivity index (χ2n) is 8.16. The Balaban J connectivity index is 0.000000686. The molecule has 0 radical (unpaired) electrons. The Hall–Kier alpha value is -3.33. The molecule has 0 bridgehead atoms. The minimum Gasteiger partial charge on any atom is -0.726 e. The first-order valence-electron chi connectivity index (χ1n) is 11.3. The summed E-state index contributed by atoms with van der Waals surface area (Å²) in [5.41, 5.74) is 1.15. The molecule has 40 heavy (non-hydrogen) atoms. The summed E-state index contributed by atoms with van der Waals surface area (Å²) in [6, 6.07) is 3.13. The zero-order valence-electron chi connectivity index (χ0n) is 21.5. The van der Waals surface area contributed by atoms with Crippen LogP contribution in [0.2, 0.25) is 5.02 Å². The van der Waals surface area contributed by atoms with E-state index in [-0.39, 0.29) is 5.69 Å². The average molecular weight is 628 g/mol. The zero-order valence-corrected chi connectivity index (χ0v) is 23.8. The highest BCUT2D eigenvalue weighted by molar-refractivity contribution is 7.80. The minimum atomic E-state index is -4.92. The molecule has 0 spiro atoms. The summed E-state index contributed by atoms with van der Waals surface area (Å²) in [4.78, 5) is 11.0. The van der Waals surface area contributed by atoms with Crippen LogP contribution in [-0.2, 0) is 48.0 Å². The summed E-state index contributed by atoms with van der Waals surface area (Å²) in [7, 11) is -5.88. The lowest BCUT2D eigenvalue weighted by Gasteiger charge is -2.12. The third-order valence-corrected chi connectivity index (χ3v) is 5.06. The number of anilines is 2. The molecule has 20 heteroatoms. The molecular formula is C20H30ClN7O10S2. The molecule has 3 rings (SSSR count). The molecule has 0 aliphatic heterocycles. The fourth-order valence-corrected chi connectivity index (χ4v) is 3.45. The highest BCUT2D eigenvalue weighted by Gasteiger charge is 2.17. The molecule has 0 saturated heterocycles. The van der Waals surface area contributed by atoms with Gasteiger partial charge in [0.25, 0.3) is 5.69 Å². The highest BCUT2D eigenvalue weighted by Crippen LogP contribution is 2.34. The van der Waals surface area contributed by atoms with Crippen LogP contribution < -0.4 is 19.8 Å². The molecule has 4 N–H and O–H groups in total. The number of nitrogens with zero attached hydrogens (tertiary/aromatic N) is 5. The fraction of sp³-hybridized carbons (Fsp3) is 0.400. The fourth-order valence-electron chi connectivity index (χ4n) is 3.23. The maximum Gasteiger partial charge on any atom is 0.293 e. The molecule has 0 aliphatic rings. The normalized spacial score (nSPS) is 11.1. The van der Waals surface area contributed by atoms with Crippen molar-refractivity contribution in [3.63, 3.8) is 0 Å². The summed E-state index contributed by atoms with van der Waals surface area (Å²) in [5.74, 6) is 0. The van der Waals surface area contributed by atoms with Crippen molar-refractivity contribution < 1.29 is 49.1 Å². The minimum absolute atomic E-state index is 0.0160. The van der Waals surface area contributed by atoms with E-state index in [2.05, 4.69) is 19.8 Å². The number of hydrogen-bond acceptors (Lipinski definition) is 10. The lowest BCUT2D eigenvalue weighted by molar-refractivity contribution is -0.671. The first kappa shape index (κ1) is 34.7. The van der Waals surface area contributed by atoms with Gasteiger partial charge in [0.1, 0.15) is 30.5 Å². The first-order chi connectivity index (χ1) is 18.4. The molecule has 0 atom stereocenters. The number of nitrogens with one attached hydrogen (secondary N) is 2. The number of hydrogen-bond donors (Lipinski definition) is 4. The van der Waals surface area contributed by atoms with E-state index in [0.717, 1.165) is 25.9 Å². The third kappa shape index (κ3) is 16.6. The molecule has 0 saturated carbocycles. The molecule has 0 fully saturated rings. The van der Waals surface area contributed by atoms with Crippen LogP contribution in [0.1, 0.15) is 12.8 Å². The smallest absolute Gasteiger partial charge is 0.293 e. The number of nitro groups is 1. The lowest BCUT2D eigenvalue weighted by atomic mass is 10.2. The second kappa shape index (κ2) is 16.1. The molecule has 17 nitrogen and oxygen atoms in total. The first-order valence-corrected chi connectivity index (χ1v) is 14.4. The van der Waals surface area contributed by atoms with Gasteiger partial charge in [-0.15, -0.1) is 0 Å². The van der Waals surface area contributed by atoms with Gasteiger partial charge in [-0.2, -0.15) is 0 Å². The van der Waals surface area contributed by atoms with Gasteiger partial charge in [-0.25, -0.2) is 35.1 Å². The van der Waals surface area contributed by atoms with Crippen LogP contribution in [0.25, 0.3) is 0 Å². The van der Waals surface area contributed by atoms with Crippen LogP contribution in [0.5, 0.6) is 0 Å². The van der Waals surface area contributed by atoms with Crippen molar-refractivity contribution in [3.05, 3.63) is 64.7 Å². The van der Waals surface area contributed by atoms with Crippen molar-refractivity contribution in [1.29, 1.82) is 0 Å². The maximum absolute atomic E-state index is 11.4. The number of aromatic nitrogens is 4. The molecule has 224 valence electrons. The molecule has 2 heterocycles. The van der Waals surface area contributed by atoms with Gasteiger partial charge in [-0.05, 0) is 6.07 Å². The van der Waals surface area contributed by atoms with E-state index in [4.69, 9.17) is 46.6 Å². The molecule has 0 aliphatic carbocycles. The summed E-state index contributed by atoms with van der Waals surface area (Å²) in [5, 5.41) is 18.3. The van der Waals surface area contributed by atoms with E-state index in [0.29, 0.717) is 29.5 Å². The van der Waals surface area contributed by atoms with Gasteiger partial charge in [0.2, 0.25) is 33.5 Å². The summed E-state index contributed by atoms with van der Waals surface area (Å²) in [6.07, 6.45) is 13.8. The predicted molar refractivity (Wildman–Crippen MR) is 140 cm³/mol. The van der Waals surface area contributed by atoms with E-state index in [9.17, 15) is 10.1 Å². The third-order valence-electron chi connectivity index (χ3n) is 4.75. The van der Waals surface area contributed by atoms with Crippen molar-refractivity contribution in [2.24, 2.45) is 14.1 Å². The number of imidazole rings is 2. The van der Waals surface area contributed by atoms with E-state index in [1.54, 1.807) is 6.07 Å². The van der Waals surface area contributed by atoms with Crippen molar-refractivity contribution in [3.8, 4) is 0 Å². The molecular weight excluding hydrogens is 598 g/mol. The van der Waals surface area contributed by atoms with Crippen LogP contribution >= 0.6 is 11.6 Å². The number of aryl methyl sites for hydroxylation is 4. The Labute approximate surface area is 235 Å². The van der Waals surface area contributed by atoms with Gasteiger partial charge in [0, 0.05) is 32.0 Å². The van der Waals surface area contributed by atoms with Gasteiger partial charge in [-0.1, -0.05) is 11.6 Å². The van der Waals surface area contributed by atoms with E-state index < -0.39 is 25.7 Å². The average Bonchev–Trinajstić information content (AvgIpc) is 3.40. The monoisotopic (exact) mass is 627 g/mol. The largest absolute Gasteiger partial charge is 0.726 e. The molecule has 1 aromatic carbocycles. The summed E-state index contributed by atoms with van der Waals surface area (Å²) < 4.78 is 73.8. The number of halogens is 1. The quantitative estimate of drug-likeness (QED) is 0.0568. The van der Waals surface area contributed by atoms with Crippen LogP contribution in [0.4, 0.5) is 17.1 Å². The lowest BCUT2D eigenvalue weighted by Crippen LogP contribution is -2.23. The predicted octanol–water partition coefficient (Wildman–Crippen LogP) is 0.514. The highest BCUT2D eigenvalue weighted by atomic mass is 35.5. The van der Waals surface area contributed by atoms with Gasteiger partial charge in [-0.3, -0.25) is 19.2 Å². The number of nitro benzene ring substituents is 1. The summed E-state index contributed by atoms with van der Waals surface area (Å²) >= 11 is 6.28. The molecule has 0 amide bonds. The van der Waals surface area contributed by atoms with Gasteiger partial charge in [0.05, 0.1) is 42.8 Å². The zero-order chi connectivity index (χ0) is 30.5. The molecule has 3 aromatic rings. The van der Waals surface area contributed by atoms with Crippen LogP contribution in [0, 0.1) is 10.1 Å². The van der Waals surface area contributed by atoms with E-state index in [1.165, 1.54) is 6.07 Å². The SMILES string of the molecule is C[n+]1ccn(CCCNc2cc(NCCCn3cc[n+](C)c3)c([N+](=O)[O-])cc2Cl)c1.O=S(=O)([O-])O.O=S(=O)([O-])O. The van der Waals surface area contributed by atoms with Crippen LogP contribution in [0.15, 0.2) is 49.6 Å². The van der Waals surface area contributed by atoms with Crippen LogP contribution in [0.3, 0.4) is 0 Å². The second-order valence-corrected chi connectivity index (χ2v) is 10.3. The number of benzene rings is 1.